The van der Waals surface area contributed by atoms with E-state index in [9.17, 15) is 14.0 Å². The molecule has 2 aromatic rings. The van der Waals surface area contributed by atoms with Gasteiger partial charge in [-0.1, -0.05) is 18.2 Å². The van der Waals surface area contributed by atoms with E-state index < -0.39 is 12.1 Å². The molecule has 1 aliphatic heterocycles. The molecule has 1 unspecified atom stereocenters. The van der Waals surface area contributed by atoms with Crippen molar-refractivity contribution < 1.29 is 14.0 Å². The van der Waals surface area contributed by atoms with Gasteiger partial charge >= 0.3 is 0 Å². The Bertz CT molecular complexity index is 796. The summed E-state index contributed by atoms with van der Waals surface area (Å²) in [5, 5.41) is 5.43. The maximum Gasteiger partial charge on any atom is 0.247 e. The Kier molecular flexibility index (Phi) is 5.04. The standard InChI is InChI=1S/C18H19FN4O2/c19-14-4-2-1-3-11(14)7-13(20)9-17(24)22-16-8-12-10-21-6-5-15(12)23-18(16)25/h1-6,10,13,16H,7-9,20H2,(H,22,24)(H,23,25)/t13?,16-/m1/s1. The lowest BCUT2D eigenvalue weighted by atomic mass is 10.00. The minimum Gasteiger partial charge on any atom is -0.344 e. The number of halogens is 1. The van der Waals surface area contributed by atoms with Crippen molar-refractivity contribution in [2.75, 3.05) is 5.32 Å². The molecule has 1 aliphatic rings. The second-order valence-corrected chi connectivity index (χ2v) is 6.11. The average molecular weight is 342 g/mol. The van der Waals surface area contributed by atoms with Crippen molar-refractivity contribution in [1.82, 2.24) is 10.3 Å². The molecule has 1 aromatic heterocycles. The van der Waals surface area contributed by atoms with Crippen molar-refractivity contribution in [2.24, 2.45) is 5.73 Å². The summed E-state index contributed by atoms with van der Waals surface area (Å²) < 4.78 is 13.6. The van der Waals surface area contributed by atoms with Gasteiger partial charge in [-0.05, 0) is 29.7 Å². The van der Waals surface area contributed by atoms with Crippen LogP contribution in [0.1, 0.15) is 17.5 Å². The Morgan fingerprint density at radius 3 is 3.00 bits per heavy atom. The fourth-order valence-electron chi connectivity index (χ4n) is 2.87. The third-order valence-corrected chi connectivity index (χ3v) is 4.12. The number of nitrogens with two attached hydrogens (primary N) is 1. The summed E-state index contributed by atoms with van der Waals surface area (Å²) in [6.07, 6.45) is 3.91. The summed E-state index contributed by atoms with van der Waals surface area (Å²) in [7, 11) is 0. The van der Waals surface area contributed by atoms with Crippen LogP contribution in [0.25, 0.3) is 0 Å². The van der Waals surface area contributed by atoms with E-state index in [1.165, 1.54) is 6.07 Å². The predicted molar refractivity (Wildman–Crippen MR) is 91.2 cm³/mol. The number of pyridine rings is 1. The van der Waals surface area contributed by atoms with Gasteiger partial charge in [-0.15, -0.1) is 0 Å². The highest BCUT2D eigenvalue weighted by atomic mass is 19.1. The molecule has 0 saturated heterocycles. The van der Waals surface area contributed by atoms with Crippen LogP contribution < -0.4 is 16.4 Å². The maximum absolute atomic E-state index is 13.6. The Hall–Kier alpha value is -2.80. The Morgan fingerprint density at radius 1 is 1.40 bits per heavy atom. The monoisotopic (exact) mass is 342 g/mol. The molecule has 0 saturated carbocycles. The molecule has 6 nitrogen and oxygen atoms in total. The second kappa shape index (κ2) is 7.40. The van der Waals surface area contributed by atoms with Crippen molar-refractivity contribution in [3.63, 3.8) is 0 Å². The van der Waals surface area contributed by atoms with E-state index in [1.54, 1.807) is 36.7 Å². The molecule has 0 fully saturated rings. The number of nitrogens with zero attached hydrogens (tertiary/aromatic N) is 1. The van der Waals surface area contributed by atoms with Crippen molar-refractivity contribution in [2.45, 2.75) is 31.3 Å². The minimum absolute atomic E-state index is 0.0119. The lowest BCUT2D eigenvalue weighted by Crippen LogP contribution is -2.48. The first kappa shape index (κ1) is 17.0. The second-order valence-electron chi connectivity index (χ2n) is 6.11. The fraction of sp³-hybridized carbons (Fsp3) is 0.278. The van der Waals surface area contributed by atoms with Crippen molar-refractivity contribution in [3.05, 3.63) is 59.7 Å². The number of hydrogen-bond donors (Lipinski definition) is 3. The van der Waals surface area contributed by atoms with Crippen LogP contribution in [0.15, 0.2) is 42.7 Å². The van der Waals surface area contributed by atoms with E-state index in [4.69, 9.17) is 5.73 Å². The lowest BCUT2D eigenvalue weighted by molar-refractivity contribution is -0.126. The van der Waals surface area contributed by atoms with Crippen LogP contribution >= 0.6 is 0 Å². The number of amides is 2. The molecule has 7 heteroatoms. The number of nitrogens with one attached hydrogen (secondary N) is 2. The lowest BCUT2D eigenvalue weighted by Gasteiger charge is -2.25. The molecule has 2 heterocycles. The van der Waals surface area contributed by atoms with Crippen molar-refractivity contribution in [1.29, 1.82) is 0 Å². The fourth-order valence-corrected chi connectivity index (χ4v) is 2.87. The molecule has 130 valence electrons. The van der Waals surface area contributed by atoms with Gasteiger partial charge in [0.25, 0.3) is 0 Å². The molecule has 0 bridgehead atoms. The van der Waals surface area contributed by atoms with E-state index in [2.05, 4.69) is 15.6 Å². The van der Waals surface area contributed by atoms with Crippen LogP contribution in [-0.2, 0) is 22.4 Å². The molecular formula is C18H19FN4O2. The van der Waals surface area contributed by atoms with Crippen molar-refractivity contribution in [3.8, 4) is 0 Å². The number of fused-ring (bicyclic) bond motifs is 1. The molecular weight excluding hydrogens is 323 g/mol. The number of rotatable bonds is 5. The molecule has 25 heavy (non-hydrogen) atoms. The molecule has 1 aromatic carbocycles. The quantitative estimate of drug-likeness (QED) is 0.759. The van der Waals surface area contributed by atoms with Gasteiger partial charge in [0.05, 0.1) is 0 Å². The van der Waals surface area contributed by atoms with Gasteiger partial charge in [-0.2, -0.15) is 0 Å². The number of anilines is 1. The van der Waals surface area contributed by atoms with Gasteiger partial charge in [0.15, 0.2) is 0 Å². The summed E-state index contributed by atoms with van der Waals surface area (Å²) in [4.78, 5) is 28.3. The molecule has 0 aliphatic carbocycles. The number of carbonyl (C=O) groups excluding carboxylic acids is 2. The van der Waals surface area contributed by atoms with Gasteiger partial charge in [0.2, 0.25) is 11.8 Å². The summed E-state index contributed by atoms with van der Waals surface area (Å²) in [6.45, 7) is 0. The highest BCUT2D eigenvalue weighted by Gasteiger charge is 2.27. The van der Waals surface area contributed by atoms with Crippen LogP contribution in [0, 0.1) is 5.82 Å². The zero-order valence-corrected chi connectivity index (χ0v) is 13.5. The molecule has 0 spiro atoms. The zero-order chi connectivity index (χ0) is 17.8. The molecule has 4 N–H and O–H groups in total. The maximum atomic E-state index is 13.6. The van der Waals surface area contributed by atoms with Gasteiger partial charge in [0.1, 0.15) is 11.9 Å². The third kappa shape index (κ3) is 4.19. The van der Waals surface area contributed by atoms with E-state index in [0.29, 0.717) is 17.7 Å². The molecule has 2 amide bonds. The first-order valence-electron chi connectivity index (χ1n) is 8.05. The first-order chi connectivity index (χ1) is 12.0. The van der Waals surface area contributed by atoms with Gasteiger partial charge in [-0.3, -0.25) is 14.6 Å². The SMILES string of the molecule is NC(CC(=O)N[C@@H]1Cc2cnccc2NC1=O)Cc1ccccc1F. The van der Waals surface area contributed by atoms with E-state index in [-0.39, 0.29) is 30.5 Å². The number of benzene rings is 1. The summed E-state index contributed by atoms with van der Waals surface area (Å²) >= 11 is 0. The largest absolute Gasteiger partial charge is 0.344 e. The third-order valence-electron chi connectivity index (χ3n) is 4.12. The summed E-state index contributed by atoms with van der Waals surface area (Å²) in [6, 6.07) is 6.86. The highest BCUT2D eigenvalue weighted by molar-refractivity contribution is 5.99. The van der Waals surface area contributed by atoms with Gasteiger partial charge < -0.3 is 16.4 Å². The van der Waals surface area contributed by atoms with Gasteiger partial charge in [0, 0.05) is 37.0 Å². The minimum atomic E-state index is -0.662. The zero-order valence-electron chi connectivity index (χ0n) is 13.5. The smallest absolute Gasteiger partial charge is 0.247 e. The molecule has 3 rings (SSSR count). The van der Waals surface area contributed by atoms with Gasteiger partial charge in [-0.25, -0.2) is 4.39 Å². The summed E-state index contributed by atoms with van der Waals surface area (Å²) in [5.74, 6) is -0.944. The van der Waals surface area contributed by atoms with Crippen LogP contribution in [0.5, 0.6) is 0 Å². The molecule has 0 radical (unpaired) electrons. The highest BCUT2D eigenvalue weighted by Crippen LogP contribution is 2.21. The van der Waals surface area contributed by atoms with Crippen LogP contribution in [0.3, 0.4) is 0 Å². The summed E-state index contributed by atoms with van der Waals surface area (Å²) in [5.41, 5.74) is 8.00. The first-order valence-corrected chi connectivity index (χ1v) is 8.05. The number of hydrogen-bond acceptors (Lipinski definition) is 4. The predicted octanol–water partition coefficient (Wildman–Crippen LogP) is 1.16. The van der Waals surface area contributed by atoms with E-state index in [0.717, 1.165) is 5.56 Å². The average Bonchev–Trinajstić information content (AvgIpc) is 2.57. The van der Waals surface area contributed by atoms with Crippen molar-refractivity contribution >= 4 is 17.5 Å². The Morgan fingerprint density at radius 2 is 2.20 bits per heavy atom. The number of carbonyl (C=O) groups is 2. The normalized spacial score (nSPS) is 17.4. The van der Waals surface area contributed by atoms with E-state index >= 15 is 0 Å². The molecule has 2 atom stereocenters. The number of aromatic nitrogens is 1. The Balaban J connectivity index is 1.56. The topological polar surface area (TPSA) is 97.1 Å². The van der Waals surface area contributed by atoms with E-state index in [1.807, 2.05) is 0 Å². The van der Waals surface area contributed by atoms with Crippen LogP contribution in [0.4, 0.5) is 10.1 Å². The Labute approximate surface area is 144 Å². The van der Waals surface area contributed by atoms with Crippen LogP contribution in [-0.4, -0.2) is 28.9 Å². The van der Waals surface area contributed by atoms with Crippen LogP contribution in [0.2, 0.25) is 0 Å².